The second-order valence-electron chi connectivity index (χ2n) is 4.16. The number of benzene rings is 1. The molecule has 1 aromatic rings. The Labute approximate surface area is 129 Å². The van der Waals surface area contributed by atoms with Gasteiger partial charge in [0, 0.05) is 6.54 Å². The van der Waals surface area contributed by atoms with E-state index in [1.54, 1.807) is 6.07 Å². The van der Waals surface area contributed by atoms with Gasteiger partial charge in [-0.05, 0) is 40.7 Å². The molecule has 0 unspecified atom stereocenters. The summed E-state index contributed by atoms with van der Waals surface area (Å²) in [6, 6.07) is 3.65. The van der Waals surface area contributed by atoms with Crippen molar-refractivity contribution in [3.05, 3.63) is 22.2 Å². The number of methoxy groups -OCH3 is 1. The minimum atomic E-state index is -4.33. The van der Waals surface area contributed by atoms with Crippen molar-refractivity contribution in [2.75, 3.05) is 34.0 Å². The molecule has 1 aromatic carbocycles. The third kappa shape index (κ3) is 6.54. The van der Waals surface area contributed by atoms with E-state index in [0.29, 0.717) is 22.5 Å². The highest BCUT2D eigenvalue weighted by atomic mass is 79.9. The molecule has 4 nitrogen and oxygen atoms in total. The summed E-state index contributed by atoms with van der Waals surface area (Å²) in [5.41, 5.74) is 0.988. The van der Waals surface area contributed by atoms with Crippen molar-refractivity contribution in [3.8, 4) is 11.5 Å². The van der Waals surface area contributed by atoms with E-state index in [0.717, 1.165) is 5.56 Å². The maximum Gasteiger partial charge on any atom is 0.411 e. The van der Waals surface area contributed by atoms with E-state index in [-0.39, 0.29) is 13.2 Å². The summed E-state index contributed by atoms with van der Waals surface area (Å²) in [6.45, 7) is -0.788. The molecule has 0 fully saturated rings. The number of ether oxygens (including phenoxy) is 3. The number of nitrogens with one attached hydrogen (secondary N) is 1. The molecule has 0 aliphatic rings. The van der Waals surface area contributed by atoms with Crippen molar-refractivity contribution in [2.45, 2.75) is 12.7 Å². The molecule has 1 rings (SSSR count). The van der Waals surface area contributed by atoms with Crippen LogP contribution in [0.15, 0.2) is 16.6 Å². The summed E-state index contributed by atoms with van der Waals surface area (Å²) in [5, 5.41) is 3.01. The molecule has 120 valence electrons. The van der Waals surface area contributed by atoms with Crippen molar-refractivity contribution in [1.29, 1.82) is 0 Å². The fraction of sp³-hybridized carbons (Fsp3) is 0.538. The Morgan fingerprint density at radius 1 is 1.24 bits per heavy atom. The molecule has 8 heteroatoms. The minimum Gasteiger partial charge on any atom is -0.493 e. The van der Waals surface area contributed by atoms with Gasteiger partial charge in [-0.2, -0.15) is 13.2 Å². The summed E-state index contributed by atoms with van der Waals surface area (Å²) in [4.78, 5) is 0. The van der Waals surface area contributed by atoms with Crippen LogP contribution < -0.4 is 14.8 Å². The Hall–Kier alpha value is -0.990. The van der Waals surface area contributed by atoms with E-state index < -0.39 is 12.8 Å². The van der Waals surface area contributed by atoms with E-state index in [4.69, 9.17) is 9.47 Å². The van der Waals surface area contributed by atoms with Crippen molar-refractivity contribution >= 4 is 15.9 Å². The molecule has 0 atom stereocenters. The maximum absolute atomic E-state index is 11.9. The first-order valence-corrected chi connectivity index (χ1v) is 6.95. The molecule has 0 spiro atoms. The van der Waals surface area contributed by atoms with Gasteiger partial charge in [0.1, 0.15) is 13.2 Å². The highest BCUT2D eigenvalue weighted by molar-refractivity contribution is 9.10. The zero-order valence-corrected chi connectivity index (χ0v) is 13.3. The lowest BCUT2D eigenvalue weighted by Gasteiger charge is -2.15. The molecule has 0 aliphatic carbocycles. The van der Waals surface area contributed by atoms with Crippen molar-refractivity contribution in [3.63, 3.8) is 0 Å². The van der Waals surface area contributed by atoms with Crippen LogP contribution in [0.3, 0.4) is 0 Å². The first-order chi connectivity index (χ1) is 9.87. The third-order valence-electron chi connectivity index (χ3n) is 2.41. The molecular weight excluding hydrogens is 355 g/mol. The quantitative estimate of drug-likeness (QED) is 0.712. The van der Waals surface area contributed by atoms with E-state index in [1.165, 1.54) is 7.11 Å². The zero-order valence-electron chi connectivity index (χ0n) is 11.7. The Bertz CT molecular complexity index is 455. The summed E-state index contributed by atoms with van der Waals surface area (Å²) in [7, 11) is 3.32. The molecule has 0 bridgehead atoms. The van der Waals surface area contributed by atoms with Gasteiger partial charge in [0.2, 0.25) is 0 Å². The molecular formula is C13H17BrF3NO3. The summed E-state index contributed by atoms with van der Waals surface area (Å²) in [5.74, 6) is 0.943. The fourth-order valence-electron chi connectivity index (χ4n) is 1.61. The standard InChI is InChI=1S/C13H17BrF3NO3/c1-18-7-9-5-10(14)12(11(6-9)19-2)21-4-3-20-8-13(15,16)17/h5-6,18H,3-4,7-8H2,1-2H3. The predicted molar refractivity (Wildman–Crippen MR) is 75.8 cm³/mol. The van der Waals surface area contributed by atoms with Crippen LogP contribution in [0.5, 0.6) is 11.5 Å². The molecule has 0 saturated carbocycles. The van der Waals surface area contributed by atoms with Crippen LogP contribution in [-0.4, -0.2) is 40.2 Å². The number of alkyl halides is 3. The lowest BCUT2D eigenvalue weighted by Crippen LogP contribution is -2.19. The Morgan fingerprint density at radius 2 is 1.95 bits per heavy atom. The second-order valence-corrected chi connectivity index (χ2v) is 5.01. The Morgan fingerprint density at radius 3 is 2.52 bits per heavy atom. The molecule has 0 heterocycles. The lowest BCUT2D eigenvalue weighted by atomic mass is 10.2. The number of hydrogen-bond acceptors (Lipinski definition) is 4. The SMILES string of the molecule is CNCc1cc(Br)c(OCCOCC(F)(F)F)c(OC)c1. The van der Waals surface area contributed by atoms with E-state index >= 15 is 0 Å². The summed E-state index contributed by atoms with van der Waals surface area (Å²) < 4.78 is 51.5. The van der Waals surface area contributed by atoms with Gasteiger partial charge in [-0.1, -0.05) is 0 Å². The topological polar surface area (TPSA) is 39.7 Å². The highest BCUT2D eigenvalue weighted by Gasteiger charge is 2.27. The van der Waals surface area contributed by atoms with Crippen molar-refractivity contribution in [2.24, 2.45) is 0 Å². The molecule has 21 heavy (non-hydrogen) atoms. The second kappa shape index (κ2) is 8.45. The first kappa shape index (κ1) is 18.1. The third-order valence-corrected chi connectivity index (χ3v) is 3.00. The monoisotopic (exact) mass is 371 g/mol. The largest absolute Gasteiger partial charge is 0.493 e. The van der Waals surface area contributed by atoms with Crippen molar-refractivity contribution in [1.82, 2.24) is 5.32 Å². The molecule has 0 radical (unpaired) electrons. The van der Waals surface area contributed by atoms with Crippen LogP contribution in [0.2, 0.25) is 0 Å². The van der Waals surface area contributed by atoms with Gasteiger partial charge in [0.15, 0.2) is 11.5 Å². The average molecular weight is 372 g/mol. The molecule has 0 amide bonds. The smallest absolute Gasteiger partial charge is 0.411 e. The summed E-state index contributed by atoms with van der Waals surface area (Å²) >= 11 is 3.36. The van der Waals surface area contributed by atoms with Crippen LogP contribution in [0.1, 0.15) is 5.56 Å². The molecule has 0 aliphatic heterocycles. The first-order valence-electron chi connectivity index (χ1n) is 6.15. The van der Waals surface area contributed by atoms with Crippen LogP contribution >= 0.6 is 15.9 Å². The van der Waals surface area contributed by atoms with Crippen LogP contribution in [0.25, 0.3) is 0 Å². The normalized spacial score (nSPS) is 11.5. The van der Waals surface area contributed by atoms with Gasteiger partial charge in [0.05, 0.1) is 18.2 Å². The average Bonchev–Trinajstić information content (AvgIpc) is 2.39. The van der Waals surface area contributed by atoms with Gasteiger partial charge in [-0.15, -0.1) is 0 Å². The van der Waals surface area contributed by atoms with E-state index in [9.17, 15) is 13.2 Å². The lowest BCUT2D eigenvalue weighted by molar-refractivity contribution is -0.175. The number of hydrogen-bond donors (Lipinski definition) is 1. The zero-order chi connectivity index (χ0) is 15.9. The fourth-order valence-corrected chi connectivity index (χ4v) is 2.21. The molecule has 0 aromatic heterocycles. The van der Waals surface area contributed by atoms with Crippen LogP contribution in [0.4, 0.5) is 13.2 Å². The van der Waals surface area contributed by atoms with Gasteiger partial charge < -0.3 is 19.5 Å². The Balaban J connectivity index is 2.58. The maximum atomic E-state index is 11.9. The van der Waals surface area contributed by atoms with E-state index in [2.05, 4.69) is 26.0 Å². The number of halogens is 4. The Kier molecular flexibility index (Phi) is 7.27. The predicted octanol–water partition coefficient (Wildman–Crippen LogP) is 3.13. The summed E-state index contributed by atoms with van der Waals surface area (Å²) in [6.07, 6.45) is -4.33. The van der Waals surface area contributed by atoms with Crippen molar-refractivity contribution < 1.29 is 27.4 Å². The van der Waals surface area contributed by atoms with Gasteiger partial charge >= 0.3 is 6.18 Å². The van der Waals surface area contributed by atoms with Crippen LogP contribution in [0, 0.1) is 0 Å². The van der Waals surface area contributed by atoms with Gasteiger partial charge in [-0.3, -0.25) is 0 Å². The molecule has 0 saturated heterocycles. The van der Waals surface area contributed by atoms with Crippen LogP contribution in [-0.2, 0) is 11.3 Å². The highest BCUT2D eigenvalue weighted by Crippen LogP contribution is 2.36. The number of rotatable bonds is 8. The van der Waals surface area contributed by atoms with Gasteiger partial charge in [0.25, 0.3) is 0 Å². The molecule has 1 N–H and O–H groups in total. The minimum absolute atomic E-state index is 0.00356. The van der Waals surface area contributed by atoms with Gasteiger partial charge in [-0.25, -0.2) is 0 Å². The van der Waals surface area contributed by atoms with E-state index in [1.807, 2.05) is 13.1 Å².